The number of nitrogens with one attached hydrogen (secondary N) is 2. The van der Waals surface area contributed by atoms with Crippen LogP contribution in [0.4, 0.5) is 14.7 Å². The molecule has 1 aromatic heterocycles. The number of hydrogen-bond donors (Lipinski definition) is 2. The molecule has 0 unspecified atom stereocenters. The van der Waals surface area contributed by atoms with Gasteiger partial charge in [-0.25, -0.2) is 8.78 Å². The van der Waals surface area contributed by atoms with Crippen molar-refractivity contribution in [3.05, 3.63) is 71.8 Å². The Balaban J connectivity index is 1.66. The van der Waals surface area contributed by atoms with E-state index in [2.05, 4.69) is 20.5 Å². The first-order valence-corrected chi connectivity index (χ1v) is 7.03. The second-order valence-electron chi connectivity index (χ2n) is 4.89. The molecule has 3 rings (SSSR count). The van der Waals surface area contributed by atoms with Gasteiger partial charge in [0.05, 0.1) is 0 Å². The van der Waals surface area contributed by atoms with Crippen LogP contribution in [0.1, 0.15) is 5.56 Å². The molecule has 0 aliphatic carbocycles. The molecule has 0 spiro atoms. The largest absolute Gasteiger partial charge is 0.290 e. The highest BCUT2D eigenvalue weighted by Gasteiger charge is 2.07. The zero-order chi connectivity index (χ0) is 16.9. The summed E-state index contributed by atoms with van der Waals surface area (Å²) in [5.74, 6) is -0.698. The van der Waals surface area contributed by atoms with Crippen molar-refractivity contribution in [1.29, 1.82) is 0 Å². The number of amides is 1. The maximum absolute atomic E-state index is 13.0. The number of aromatic nitrogens is 3. The van der Waals surface area contributed by atoms with E-state index in [0.717, 1.165) is 0 Å². The smallest absolute Gasteiger partial charge is 0.250 e. The molecule has 0 atom stereocenters. The Bertz CT molecular complexity index is 888. The van der Waals surface area contributed by atoms with E-state index in [0.29, 0.717) is 17.0 Å². The van der Waals surface area contributed by atoms with Crippen molar-refractivity contribution < 1.29 is 13.6 Å². The van der Waals surface area contributed by atoms with E-state index < -0.39 is 5.91 Å². The summed E-state index contributed by atoms with van der Waals surface area (Å²) in [5.41, 5.74) is 1.20. The van der Waals surface area contributed by atoms with Crippen LogP contribution >= 0.6 is 0 Å². The maximum Gasteiger partial charge on any atom is 0.250 e. The van der Waals surface area contributed by atoms with Crippen molar-refractivity contribution in [3.63, 3.8) is 0 Å². The minimum absolute atomic E-state index is 0.0863. The number of carbonyl (C=O) groups excluding carboxylic acids is 1. The Labute approximate surface area is 136 Å². The second kappa shape index (κ2) is 6.82. The lowest BCUT2D eigenvalue weighted by Gasteiger charge is -1.96. The Morgan fingerprint density at radius 1 is 1.08 bits per heavy atom. The van der Waals surface area contributed by atoms with Crippen molar-refractivity contribution in [2.45, 2.75) is 0 Å². The Morgan fingerprint density at radius 2 is 1.88 bits per heavy atom. The SMILES string of the molecule is O=C(/C=C/c1cccc(F)c1)Nc1n[nH]c(-c2ccc(F)cc2)n1. The number of halogens is 2. The van der Waals surface area contributed by atoms with Crippen LogP contribution in [0.15, 0.2) is 54.6 Å². The number of benzene rings is 2. The van der Waals surface area contributed by atoms with E-state index in [1.54, 1.807) is 24.3 Å². The summed E-state index contributed by atoms with van der Waals surface area (Å²) in [6.45, 7) is 0. The van der Waals surface area contributed by atoms with Gasteiger partial charge in [-0.3, -0.25) is 15.2 Å². The maximum atomic E-state index is 13.0. The molecule has 0 bridgehead atoms. The van der Waals surface area contributed by atoms with Gasteiger partial charge >= 0.3 is 0 Å². The lowest BCUT2D eigenvalue weighted by atomic mass is 10.2. The summed E-state index contributed by atoms with van der Waals surface area (Å²) in [5, 5.41) is 9.01. The van der Waals surface area contributed by atoms with E-state index in [1.165, 1.54) is 36.4 Å². The molecule has 0 fully saturated rings. The monoisotopic (exact) mass is 326 g/mol. The van der Waals surface area contributed by atoms with Gasteiger partial charge in [-0.05, 0) is 48.0 Å². The molecule has 0 radical (unpaired) electrons. The van der Waals surface area contributed by atoms with Crippen LogP contribution in [-0.4, -0.2) is 21.1 Å². The molecule has 0 saturated carbocycles. The van der Waals surface area contributed by atoms with Crippen molar-refractivity contribution in [1.82, 2.24) is 15.2 Å². The fourth-order valence-corrected chi connectivity index (χ4v) is 1.99. The first-order valence-electron chi connectivity index (χ1n) is 7.03. The van der Waals surface area contributed by atoms with E-state index in [1.807, 2.05) is 0 Å². The average Bonchev–Trinajstić information content (AvgIpc) is 3.02. The van der Waals surface area contributed by atoms with E-state index >= 15 is 0 Å². The Kier molecular flexibility index (Phi) is 4.42. The van der Waals surface area contributed by atoms with Crippen LogP contribution in [0.25, 0.3) is 17.5 Å². The van der Waals surface area contributed by atoms with Gasteiger partial charge < -0.3 is 0 Å². The first kappa shape index (κ1) is 15.5. The molecule has 1 amide bonds. The second-order valence-corrected chi connectivity index (χ2v) is 4.89. The summed E-state index contributed by atoms with van der Waals surface area (Å²) in [4.78, 5) is 15.9. The molecule has 5 nitrogen and oxygen atoms in total. The van der Waals surface area contributed by atoms with Crippen LogP contribution in [-0.2, 0) is 4.79 Å². The minimum Gasteiger partial charge on any atom is -0.290 e. The normalized spacial score (nSPS) is 10.9. The molecule has 3 aromatic rings. The van der Waals surface area contributed by atoms with Crippen molar-refractivity contribution in [3.8, 4) is 11.4 Å². The third-order valence-corrected chi connectivity index (χ3v) is 3.11. The summed E-state index contributed by atoms with van der Waals surface area (Å²) >= 11 is 0. The van der Waals surface area contributed by atoms with Crippen molar-refractivity contribution in [2.24, 2.45) is 0 Å². The standard InChI is InChI=1S/C17H12F2N4O/c18-13-7-5-12(6-8-13)16-21-17(23-22-16)20-15(24)9-4-11-2-1-3-14(19)10-11/h1-10H,(H2,20,21,22,23,24)/b9-4+. The zero-order valence-electron chi connectivity index (χ0n) is 12.3. The highest BCUT2D eigenvalue weighted by atomic mass is 19.1. The molecule has 7 heteroatoms. The Morgan fingerprint density at radius 3 is 2.62 bits per heavy atom. The lowest BCUT2D eigenvalue weighted by molar-refractivity contribution is -0.111. The fraction of sp³-hybridized carbons (Fsp3) is 0. The predicted octanol–water partition coefficient (Wildman–Crippen LogP) is 3.40. The molecular formula is C17H12F2N4O. The molecule has 1 heterocycles. The van der Waals surface area contributed by atoms with Crippen molar-refractivity contribution >= 4 is 17.9 Å². The minimum atomic E-state index is -0.455. The van der Waals surface area contributed by atoms with E-state index in [-0.39, 0.29) is 17.6 Å². The number of aromatic amines is 1. The molecular weight excluding hydrogens is 314 g/mol. The predicted molar refractivity (Wildman–Crippen MR) is 85.8 cm³/mol. The number of carbonyl (C=O) groups is 1. The highest BCUT2D eigenvalue weighted by molar-refractivity contribution is 6.00. The van der Waals surface area contributed by atoms with Crippen LogP contribution in [0.3, 0.4) is 0 Å². The number of anilines is 1. The van der Waals surface area contributed by atoms with Gasteiger partial charge in [0.25, 0.3) is 5.91 Å². The molecule has 2 aromatic carbocycles. The average molecular weight is 326 g/mol. The summed E-state index contributed by atoms with van der Waals surface area (Å²) in [6, 6.07) is 11.6. The van der Waals surface area contributed by atoms with Crippen LogP contribution in [0, 0.1) is 11.6 Å². The van der Waals surface area contributed by atoms with Gasteiger partial charge in [0.1, 0.15) is 11.6 Å². The summed E-state index contributed by atoms with van der Waals surface area (Å²) in [6.07, 6.45) is 2.73. The topological polar surface area (TPSA) is 70.7 Å². The fourth-order valence-electron chi connectivity index (χ4n) is 1.99. The lowest BCUT2D eigenvalue weighted by Crippen LogP contribution is -2.09. The van der Waals surface area contributed by atoms with Crippen LogP contribution in [0.5, 0.6) is 0 Å². The summed E-state index contributed by atoms with van der Waals surface area (Å²) in [7, 11) is 0. The highest BCUT2D eigenvalue weighted by Crippen LogP contribution is 2.16. The van der Waals surface area contributed by atoms with Crippen molar-refractivity contribution in [2.75, 3.05) is 5.32 Å². The molecule has 0 saturated heterocycles. The van der Waals surface area contributed by atoms with Gasteiger partial charge in [-0.1, -0.05) is 12.1 Å². The molecule has 120 valence electrons. The van der Waals surface area contributed by atoms with Gasteiger partial charge in [-0.15, -0.1) is 5.10 Å². The molecule has 0 aliphatic heterocycles. The molecule has 24 heavy (non-hydrogen) atoms. The first-order chi connectivity index (χ1) is 11.6. The third kappa shape index (κ3) is 3.89. The quantitative estimate of drug-likeness (QED) is 0.722. The zero-order valence-corrected chi connectivity index (χ0v) is 12.3. The summed E-state index contributed by atoms with van der Waals surface area (Å²) < 4.78 is 25.9. The van der Waals surface area contributed by atoms with E-state index in [4.69, 9.17) is 0 Å². The third-order valence-electron chi connectivity index (χ3n) is 3.11. The number of hydrogen-bond acceptors (Lipinski definition) is 3. The van der Waals surface area contributed by atoms with Gasteiger partial charge in [0, 0.05) is 11.6 Å². The molecule has 2 N–H and O–H groups in total. The Hall–Kier alpha value is -3.35. The van der Waals surface area contributed by atoms with E-state index in [9.17, 15) is 13.6 Å². The number of rotatable bonds is 4. The van der Waals surface area contributed by atoms with Crippen LogP contribution < -0.4 is 5.32 Å². The molecule has 0 aliphatic rings. The van der Waals surface area contributed by atoms with Gasteiger partial charge in [-0.2, -0.15) is 4.98 Å². The van der Waals surface area contributed by atoms with Crippen LogP contribution in [0.2, 0.25) is 0 Å². The van der Waals surface area contributed by atoms with Gasteiger partial charge in [0.2, 0.25) is 5.95 Å². The number of nitrogens with zero attached hydrogens (tertiary/aromatic N) is 2. The number of H-pyrrole nitrogens is 1. The van der Waals surface area contributed by atoms with Gasteiger partial charge in [0.15, 0.2) is 5.82 Å².